The SMILES string of the molecule is CNc1nc(Nc2cnn(-c3ccc(Cl)cc3)c2C)ncc1N. The number of nitrogens with one attached hydrogen (secondary N) is 2. The van der Waals surface area contributed by atoms with Gasteiger partial charge in [-0.2, -0.15) is 10.1 Å². The number of nitrogen functional groups attached to an aromatic ring is 1. The zero-order valence-electron chi connectivity index (χ0n) is 12.7. The van der Waals surface area contributed by atoms with E-state index in [4.69, 9.17) is 17.3 Å². The Balaban J connectivity index is 1.89. The Kier molecular flexibility index (Phi) is 4.03. The van der Waals surface area contributed by atoms with Gasteiger partial charge in [-0.1, -0.05) is 11.6 Å². The number of halogens is 1. The minimum atomic E-state index is 0.447. The van der Waals surface area contributed by atoms with Gasteiger partial charge in [-0.3, -0.25) is 0 Å². The molecule has 0 bridgehead atoms. The molecule has 0 unspecified atom stereocenters. The molecule has 2 aromatic heterocycles. The molecule has 0 atom stereocenters. The molecule has 0 fully saturated rings. The van der Waals surface area contributed by atoms with Gasteiger partial charge >= 0.3 is 0 Å². The van der Waals surface area contributed by atoms with Crippen LogP contribution in [-0.2, 0) is 0 Å². The maximum absolute atomic E-state index is 5.92. The molecule has 2 heterocycles. The highest BCUT2D eigenvalue weighted by atomic mass is 35.5. The summed E-state index contributed by atoms with van der Waals surface area (Å²) in [5, 5.41) is 11.1. The normalized spacial score (nSPS) is 10.6. The van der Waals surface area contributed by atoms with E-state index in [9.17, 15) is 0 Å². The van der Waals surface area contributed by atoms with E-state index in [-0.39, 0.29) is 0 Å². The molecule has 4 N–H and O–H groups in total. The van der Waals surface area contributed by atoms with Crippen molar-refractivity contribution < 1.29 is 0 Å². The second-order valence-electron chi connectivity index (χ2n) is 4.90. The number of hydrogen-bond donors (Lipinski definition) is 3. The lowest BCUT2D eigenvalue weighted by Crippen LogP contribution is -2.05. The van der Waals surface area contributed by atoms with Crippen LogP contribution < -0.4 is 16.4 Å². The number of nitrogens with two attached hydrogens (primary N) is 1. The van der Waals surface area contributed by atoms with Crippen molar-refractivity contribution in [3.05, 3.63) is 47.4 Å². The van der Waals surface area contributed by atoms with Crippen LogP contribution >= 0.6 is 11.6 Å². The summed E-state index contributed by atoms with van der Waals surface area (Å²) in [5.41, 5.74) is 8.93. The van der Waals surface area contributed by atoms with Crippen LogP contribution in [0.5, 0.6) is 0 Å². The summed E-state index contributed by atoms with van der Waals surface area (Å²) >= 11 is 5.92. The molecule has 0 saturated carbocycles. The van der Waals surface area contributed by atoms with Gasteiger partial charge in [0, 0.05) is 12.1 Å². The molecule has 7 nitrogen and oxygen atoms in total. The van der Waals surface area contributed by atoms with Crippen molar-refractivity contribution in [3.8, 4) is 5.69 Å². The van der Waals surface area contributed by atoms with Gasteiger partial charge in [0.25, 0.3) is 0 Å². The van der Waals surface area contributed by atoms with Crippen LogP contribution in [0, 0.1) is 6.92 Å². The maximum Gasteiger partial charge on any atom is 0.229 e. The third kappa shape index (κ3) is 3.04. The summed E-state index contributed by atoms with van der Waals surface area (Å²) in [4.78, 5) is 8.48. The highest BCUT2D eigenvalue weighted by Gasteiger charge is 2.10. The van der Waals surface area contributed by atoms with Crippen molar-refractivity contribution in [2.75, 3.05) is 23.4 Å². The predicted molar refractivity (Wildman–Crippen MR) is 92.6 cm³/mol. The minimum Gasteiger partial charge on any atom is -0.394 e. The number of nitrogens with zero attached hydrogens (tertiary/aromatic N) is 4. The topological polar surface area (TPSA) is 93.7 Å². The van der Waals surface area contributed by atoms with Gasteiger partial charge in [0.1, 0.15) is 0 Å². The van der Waals surface area contributed by atoms with Crippen molar-refractivity contribution in [1.82, 2.24) is 19.7 Å². The van der Waals surface area contributed by atoms with Crippen molar-refractivity contribution >= 4 is 34.7 Å². The molecule has 0 saturated heterocycles. The quantitative estimate of drug-likeness (QED) is 0.681. The second kappa shape index (κ2) is 6.13. The fourth-order valence-corrected chi connectivity index (χ4v) is 2.27. The van der Waals surface area contributed by atoms with E-state index in [0.29, 0.717) is 22.5 Å². The van der Waals surface area contributed by atoms with E-state index in [0.717, 1.165) is 17.1 Å². The van der Waals surface area contributed by atoms with Crippen LogP contribution in [0.25, 0.3) is 5.69 Å². The lowest BCUT2D eigenvalue weighted by atomic mass is 10.3. The Morgan fingerprint density at radius 2 is 1.91 bits per heavy atom. The lowest BCUT2D eigenvalue weighted by molar-refractivity contribution is 0.847. The summed E-state index contributed by atoms with van der Waals surface area (Å²) in [6, 6.07) is 7.47. The molecule has 1 aromatic carbocycles. The van der Waals surface area contributed by atoms with Crippen LogP contribution in [0.3, 0.4) is 0 Å². The molecule has 8 heteroatoms. The van der Waals surface area contributed by atoms with E-state index in [1.807, 2.05) is 35.9 Å². The highest BCUT2D eigenvalue weighted by molar-refractivity contribution is 6.30. The molecule has 0 aliphatic rings. The average molecular weight is 330 g/mol. The fourth-order valence-electron chi connectivity index (χ4n) is 2.15. The number of rotatable bonds is 4. The smallest absolute Gasteiger partial charge is 0.229 e. The van der Waals surface area contributed by atoms with Gasteiger partial charge in [-0.25, -0.2) is 9.67 Å². The first-order valence-corrected chi connectivity index (χ1v) is 7.34. The first-order valence-electron chi connectivity index (χ1n) is 6.96. The van der Waals surface area contributed by atoms with E-state index in [1.54, 1.807) is 19.4 Å². The van der Waals surface area contributed by atoms with Gasteiger partial charge < -0.3 is 16.4 Å². The van der Waals surface area contributed by atoms with Gasteiger partial charge in [-0.15, -0.1) is 0 Å². The molecule has 118 valence electrons. The zero-order valence-corrected chi connectivity index (χ0v) is 13.5. The Morgan fingerprint density at radius 1 is 1.17 bits per heavy atom. The van der Waals surface area contributed by atoms with Crippen molar-refractivity contribution in [1.29, 1.82) is 0 Å². The molecule has 0 aliphatic carbocycles. The van der Waals surface area contributed by atoms with Crippen molar-refractivity contribution in [3.63, 3.8) is 0 Å². The summed E-state index contributed by atoms with van der Waals surface area (Å²) in [6.07, 6.45) is 3.28. The highest BCUT2D eigenvalue weighted by Crippen LogP contribution is 2.23. The van der Waals surface area contributed by atoms with E-state index < -0.39 is 0 Å². The zero-order chi connectivity index (χ0) is 16.4. The van der Waals surface area contributed by atoms with Gasteiger partial charge in [0.05, 0.1) is 35.1 Å². The molecule has 0 radical (unpaired) electrons. The summed E-state index contributed by atoms with van der Waals surface area (Å²) in [7, 11) is 1.76. The maximum atomic E-state index is 5.92. The third-order valence-corrected chi connectivity index (χ3v) is 3.63. The van der Waals surface area contributed by atoms with Crippen LogP contribution in [-0.4, -0.2) is 26.8 Å². The number of anilines is 4. The largest absolute Gasteiger partial charge is 0.394 e. The molecule has 3 rings (SSSR count). The van der Waals surface area contributed by atoms with Crippen LogP contribution in [0.2, 0.25) is 5.02 Å². The van der Waals surface area contributed by atoms with Gasteiger partial charge in [0.2, 0.25) is 5.95 Å². The number of aromatic nitrogens is 4. The lowest BCUT2D eigenvalue weighted by Gasteiger charge is -2.08. The second-order valence-corrected chi connectivity index (χ2v) is 5.34. The van der Waals surface area contributed by atoms with Crippen LogP contribution in [0.4, 0.5) is 23.1 Å². The molecular weight excluding hydrogens is 314 g/mol. The average Bonchev–Trinajstić information content (AvgIpc) is 2.91. The van der Waals surface area contributed by atoms with Gasteiger partial charge in [0.15, 0.2) is 5.82 Å². The Labute approximate surface area is 138 Å². The summed E-state index contributed by atoms with van der Waals surface area (Å²) in [5.74, 6) is 1.02. The monoisotopic (exact) mass is 329 g/mol. The number of hydrogen-bond acceptors (Lipinski definition) is 6. The molecule has 0 aliphatic heterocycles. The van der Waals surface area contributed by atoms with E-state index in [1.165, 1.54) is 0 Å². The fraction of sp³-hybridized carbons (Fsp3) is 0.133. The molecule has 0 spiro atoms. The number of benzene rings is 1. The Bertz CT molecular complexity index is 826. The Morgan fingerprint density at radius 3 is 2.61 bits per heavy atom. The third-order valence-electron chi connectivity index (χ3n) is 3.38. The Hall–Kier alpha value is -2.80. The molecule has 23 heavy (non-hydrogen) atoms. The molecule has 3 aromatic rings. The van der Waals surface area contributed by atoms with E-state index in [2.05, 4.69) is 25.7 Å². The first-order chi connectivity index (χ1) is 11.1. The molecular formula is C15H16ClN7. The minimum absolute atomic E-state index is 0.447. The summed E-state index contributed by atoms with van der Waals surface area (Å²) in [6.45, 7) is 1.96. The van der Waals surface area contributed by atoms with Crippen LogP contribution in [0.1, 0.15) is 5.69 Å². The van der Waals surface area contributed by atoms with Crippen LogP contribution in [0.15, 0.2) is 36.7 Å². The first kappa shape index (κ1) is 15.1. The van der Waals surface area contributed by atoms with E-state index >= 15 is 0 Å². The standard InChI is InChI=1S/C15H16ClN7/c1-9-13(21-15-19-7-12(17)14(18-2)22-15)8-20-23(9)11-5-3-10(16)4-6-11/h3-8H,17H2,1-2H3,(H2,18,19,21,22). The van der Waals surface area contributed by atoms with Gasteiger partial charge in [-0.05, 0) is 31.2 Å². The predicted octanol–water partition coefficient (Wildman–Crippen LogP) is 2.99. The van der Waals surface area contributed by atoms with Crippen molar-refractivity contribution in [2.45, 2.75) is 6.92 Å². The van der Waals surface area contributed by atoms with Crippen molar-refractivity contribution in [2.24, 2.45) is 0 Å². The summed E-state index contributed by atoms with van der Waals surface area (Å²) < 4.78 is 1.81. The molecule has 0 amide bonds.